The van der Waals surface area contributed by atoms with Crippen molar-refractivity contribution in [3.63, 3.8) is 0 Å². The maximum atomic E-state index is 2.71. The van der Waals surface area contributed by atoms with Crippen molar-refractivity contribution in [2.45, 2.75) is 134 Å². The van der Waals surface area contributed by atoms with E-state index in [9.17, 15) is 0 Å². The van der Waals surface area contributed by atoms with Gasteiger partial charge < -0.3 is 0 Å². The fourth-order valence-corrected chi connectivity index (χ4v) is 6.19. The molecule has 0 radical (unpaired) electrons. The van der Waals surface area contributed by atoms with Crippen molar-refractivity contribution >= 4 is 14.3 Å². The Morgan fingerprint density at radius 2 is 1.04 bits per heavy atom. The van der Waals surface area contributed by atoms with Crippen LogP contribution in [0.25, 0.3) is 0 Å². The summed E-state index contributed by atoms with van der Waals surface area (Å²) >= 11 is 0. The first-order chi connectivity index (χ1) is 11.7. The van der Waals surface area contributed by atoms with Gasteiger partial charge in [0.2, 0.25) is 0 Å². The Morgan fingerprint density at radius 3 is 1.54 bits per heavy atom. The van der Waals surface area contributed by atoms with Crippen LogP contribution in [0, 0.1) is 5.41 Å². The van der Waals surface area contributed by atoms with Gasteiger partial charge >= 0.3 is 0 Å². The Labute approximate surface area is 153 Å². The standard InChI is InChI=1S/C22H42B2/c1-21(16-12-8-3-2-4-9-13-17-21)22(18-19-22)24-23-20-14-10-6-5-7-11-15-20/h20,23-24H,2-19H2,1H3. The van der Waals surface area contributed by atoms with E-state index in [0.717, 1.165) is 11.1 Å². The van der Waals surface area contributed by atoms with Crippen LogP contribution in [-0.4, -0.2) is 14.3 Å². The summed E-state index contributed by atoms with van der Waals surface area (Å²) in [6.45, 7) is 2.71. The van der Waals surface area contributed by atoms with Crippen LogP contribution in [0.2, 0.25) is 11.1 Å². The largest absolute Gasteiger partial charge is 0.0955 e. The molecule has 0 unspecified atom stereocenters. The van der Waals surface area contributed by atoms with Crippen LogP contribution in [0.1, 0.15) is 122 Å². The minimum Gasteiger partial charge on any atom is -0.0733 e. The molecule has 0 nitrogen and oxygen atoms in total. The maximum Gasteiger partial charge on any atom is 0.0955 e. The zero-order valence-corrected chi connectivity index (χ0v) is 16.7. The van der Waals surface area contributed by atoms with Crippen LogP contribution in [0.5, 0.6) is 0 Å². The van der Waals surface area contributed by atoms with E-state index < -0.39 is 0 Å². The molecule has 3 rings (SSSR count). The molecule has 3 aliphatic rings. The molecule has 3 saturated carbocycles. The van der Waals surface area contributed by atoms with E-state index in [-0.39, 0.29) is 0 Å². The monoisotopic (exact) mass is 328 g/mol. The summed E-state index contributed by atoms with van der Waals surface area (Å²) in [4.78, 5) is 0. The summed E-state index contributed by atoms with van der Waals surface area (Å²) in [5.41, 5.74) is 0.686. The van der Waals surface area contributed by atoms with Crippen LogP contribution in [0.3, 0.4) is 0 Å². The molecule has 0 aromatic carbocycles. The molecule has 0 aromatic heterocycles. The lowest BCUT2D eigenvalue weighted by Crippen LogP contribution is -2.33. The van der Waals surface area contributed by atoms with Crippen molar-refractivity contribution in [2.24, 2.45) is 5.41 Å². The highest BCUT2D eigenvalue weighted by atomic mass is 14.5. The third kappa shape index (κ3) is 5.07. The van der Waals surface area contributed by atoms with Crippen molar-refractivity contribution in [3.05, 3.63) is 0 Å². The summed E-state index contributed by atoms with van der Waals surface area (Å²) in [5.74, 6) is 1.07. The van der Waals surface area contributed by atoms with Gasteiger partial charge in [0.25, 0.3) is 0 Å². The van der Waals surface area contributed by atoms with Crippen molar-refractivity contribution in [1.82, 2.24) is 0 Å². The highest BCUT2D eigenvalue weighted by molar-refractivity contribution is 7.03. The highest BCUT2D eigenvalue weighted by Gasteiger charge is 2.54. The fourth-order valence-electron chi connectivity index (χ4n) is 6.19. The molecule has 0 N–H and O–H groups in total. The second-order valence-corrected chi connectivity index (χ2v) is 10.1. The van der Waals surface area contributed by atoms with E-state index >= 15 is 0 Å². The first kappa shape index (κ1) is 18.9. The lowest BCUT2D eigenvalue weighted by atomic mass is 9.24. The van der Waals surface area contributed by atoms with Crippen LogP contribution < -0.4 is 0 Å². The summed E-state index contributed by atoms with van der Waals surface area (Å²) in [6.07, 6.45) is 27.4. The Hall–Kier alpha value is 0.130. The van der Waals surface area contributed by atoms with Crippen LogP contribution in [-0.2, 0) is 0 Å². The fraction of sp³-hybridized carbons (Fsp3) is 1.00. The van der Waals surface area contributed by atoms with Gasteiger partial charge in [0, 0.05) is 0 Å². The van der Waals surface area contributed by atoms with Crippen LogP contribution >= 0.6 is 0 Å². The van der Waals surface area contributed by atoms with Gasteiger partial charge in [-0.25, -0.2) is 0 Å². The predicted molar refractivity (Wildman–Crippen MR) is 112 cm³/mol. The van der Waals surface area contributed by atoms with Crippen LogP contribution in [0.15, 0.2) is 0 Å². The molecule has 0 aromatic rings. The lowest BCUT2D eigenvalue weighted by molar-refractivity contribution is 0.216. The quantitative estimate of drug-likeness (QED) is 0.498. The maximum absolute atomic E-state index is 2.71. The molecule has 0 amide bonds. The van der Waals surface area contributed by atoms with Crippen molar-refractivity contribution in [3.8, 4) is 0 Å². The molecule has 0 aliphatic heterocycles. The Morgan fingerprint density at radius 1 is 0.583 bits per heavy atom. The minimum atomic E-state index is 0.686. The van der Waals surface area contributed by atoms with Gasteiger partial charge in [-0.05, 0) is 18.3 Å². The number of hydrogen-bond acceptors (Lipinski definition) is 0. The van der Waals surface area contributed by atoms with Gasteiger partial charge in [-0.15, -0.1) is 0 Å². The average Bonchev–Trinajstić information content (AvgIpc) is 3.34. The molecule has 24 heavy (non-hydrogen) atoms. The third-order valence-electron chi connectivity index (χ3n) is 8.35. The van der Waals surface area contributed by atoms with E-state index in [4.69, 9.17) is 0 Å². The van der Waals surface area contributed by atoms with Gasteiger partial charge in [-0.2, -0.15) is 0 Å². The molecule has 0 saturated heterocycles. The average molecular weight is 328 g/mol. The van der Waals surface area contributed by atoms with E-state index in [0.29, 0.717) is 5.41 Å². The summed E-state index contributed by atoms with van der Waals surface area (Å²) in [5, 5.41) is 0.772. The molecule has 0 spiro atoms. The lowest BCUT2D eigenvalue weighted by Gasteiger charge is -2.40. The molecule has 3 fully saturated rings. The first-order valence-electron chi connectivity index (χ1n) is 11.7. The summed E-state index contributed by atoms with van der Waals surface area (Å²) in [7, 11) is 3.14. The van der Waals surface area contributed by atoms with Crippen molar-refractivity contribution in [2.75, 3.05) is 0 Å². The Bertz CT molecular complexity index is 343. The van der Waals surface area contributed by atoms with Crippen LogP contribution in [0.4, 0.5) is 0 Å². The molecule has 3 aliphatic carbocycles. The molecule has 136 valence electrons. The third-order valence-corrected chi connectivity index (χ3v) is 8.35. The second kappa shape index (κ2) is 9.18. The molecule has 0 atom stereocenters. The van der Waals surface area contributed by atoms with E-state index in [2.05, 4.69) is 6.92 Å². The topological polar surface area (TPSA) is 0 Å². The van der Waals surface area contributed by atoms with Crippen molar-refractivity contribution < 1.29 is 0 Å². The van der Waals surface area contributed by atoms with Gasteiger partial charge in [-0.3, -0.25) is 0 Å². The van der Waals surface area contributed by atoms with Gasteiger partial charge in [0.05, 0.1) is 14.3 Å². The normalized spacial score (nSPS) is 29.0. The van der Waals surface area contributed by atoms with Gasteiger partial charge in [0.15, 0.2) is 0 Å². The zero-order valence-electron chi connectivity index (χ0n) is 16.7. The minimum absolute atomic E-state index is 0.686. The summed E-state index contributed by atoms with van der Waals surface area (Å²) < 4.78 is 0. The predicted octanol–water partition coefficient (Wildman–Crippen LogP) is 6.79. The summed E-state index contributed by atoms with van der Waals surface area (Å²) in [6, 6.07) is 0. The molecular formula is C22H42B2. The van der Waals surface area contributed by atoms with E-state index in [1.54, 1.807) is 40.0 Å². The Balaban J connectivity index is 1.54. The highest BCUT2D eigenvalue weighted by Crippen LogP contribution is 2.68. The van der Waals surface area contributed by atoms with E-state index in [1.165, 1.54) is 89.9 Å². The SMILES string of the molecule is CC1(C2(BBC3CCCCCCC3)CC2)CCCCCCCCC1. The second-order valence-electron chi connectivity index (χ2n) is 10.1. The zero-order chi connectivity index (χ0) is 16.7. The molecule has 0 heterocycles. The number of rotatable bonds is 4. The molecule has 0 bridgehead atoms. The van der Waals surface area contributed by atoms with Crippen molar-refractivity contribution in [1.29, 1.82) is 0 Å². The number of hydrogen-bond donors (Lipinski definition) is 0. The first-order valence-corrected chi connectivity index (χ1v) is 11.7. The molecular weight excluding hydrogens is 286 g/mol. The Kier molecular flexibility index (Phi) is 7.23. The smallest absolute Gasteiger partial charge is 0.0733 e. The van der Waals surface area contributed by atoms with Gasteiger partial charge in [0.1, 0.15) is 0 Å². The molecule has 2 heteroatoms. The van der Waals surface area contributed by atoms with E-state index in [1.807, 2.05) is 0 Å². The van der Waals surface area contributed by atoms with Gasteiger partial charge in [-0.1, -0.05) is 121 Å².